The molecule has 0 fully saturated rings. The van der Waals surface area contributed by atoms with E-state index in [2.05, 4.69) is 40.9 Å². The Morgan fingerprint density at radius 1 is 1.43 bits per heavy atom. The average molecular weight is 387 g/mol. The standard InChI is InChI=1S/C16H17BrClNOS/c1-10-8-11-9-19(2)7-6-14(16(11)21-10)20-13-5-3-4-12(17)15(13)18/h3-5,8,14H,6-7,9H2,1-2H3. The maximum absolute atomic E-state index is 6.34. The van der Waals surface area contributed by atoms with Crippen molar-refractivity contribution in [1.29, 1.82) is 0 Å². The van der Waals surface area contributed by atoms with Crippen molar-refractivity contribution >= 4 is 38.9 Å². The van der Waals surface area contributed by atoms with Crippen LogP contribution in [0.25, 0.3) is 0 Å². The number of fused-ring (bicyclic) bond motifs is 1. The van der Waals surface area contributed by atoms with Crippen molar-refractivity contribution < 1.29 is 4.74 Å². The van der Waals surface area contributed by atoms with E-state index in [4.69, 9.17) is 16.3 Å². The SMILES string of the molecule is Cc1cc2c(s1)C(Oc1cccc(Br)c1Cl)CCN(C)C2. The minimum absolute atomic E-state index is 0.0791. The molecule has 0 N–H and O–H groups in total. The molecule has 0 amide bonds. The lowest BCUT2D eigenvalue weighted by Crippen LogP contribution is -2.18. The topological polar surface area (TPSA) is 12.5 Å². The van der Waals surface area contributed by atoms with Gasteiger partial charge in [0, 0.05) is 33.7 Å². The first-order valence-electron chi connectivity index (χ1n) is 6.93. The van der Waals surface area contributed by atoms with E-state index in [0.29, 0.717) is 5.02 Å². The molecule has 2 nitrogen and oxygen atoms in total. The van der Waals surface area contributed by atoms with Crippen LogP contribution in [-0.2, 0) is 6.54 Å². The van der Waals surface area contributed by atoms with E-state index in [1.807, 2.05) is 29.5 Å². The van der Waals surface area contributed by atoms with Crippen LogP contribution in [-0.4, -0.2) is 18.5 Å². The van der Waals surface area contributed by atoms with Crippen LogP contribution in [0.3, 0.4) is 0 Å². The second-order valence-electron chi connectivity index (χ2n) is 5.43. The smallest absolute Gasteiger partial charge is 0.140 e. The van der Waals surface area contributed by atoms with Gasteiger partial charge in [0.15, 0.2) is 0 Å². The molecule has 1 aliphatic heterocycles. The highest BCUT2D eigenvalue weighted by molar-refractivity contribution is 9.10. The molecular weight excluding hydrogens is 370 g/mol. The van der Waals surface area contributed by atoms with Gasteiger partial charge in [-0.1, -0.05) is 17.7 Å². The molecule has 0 spiro atoms. The summed E-state index contributed by atoms with van der Waals surface area (Å²) in [5.74, 6) is 0.748. The lowest BCUT2D eigenvalue weighted by Gasteiger charge is -2.19. The Morgan fingerprint density at radius 3 is 3.05 bits per heavy atom. The summed E-state index contributed by atoms with van der Waals surface area (Å²) in [5, 5.41) is 0.643. The first-order valence-corrected chi connectivity index (χ1v) is 8.92. The fourth-order valence-corrected chi connectivity index (χ4v) is 4.28. The molecule has 2 aromatic rings. The summed E-state index contributed by atoms with van der Waals surface area (Å²) in [4.78, 5) is 5.02. The van der Waals surface area contributed by atoms with Crippen molar-refractivity contribution in [2.45, 2.75) is 26.0 Å². The van der Waals surface area contributed by atoms with Gasteiger partial charge >= 0.3 is 0 Å². The Labute approximate surface area is 142 Å². The molecule has 0 saturated heterocycles. The fourth-order valence-electron chi connectivity index (χ4n) is 2.66. The monoisotopic (exact) mass is 385 g/mol. The minimum Gasteiger partial charge on any atom is -0.483 e. The van der Waals surface area contributed by atoms with Crippen LogP contribution < -0.4 is 4.74 Å². The molecule has 1 unspecified atom stereocenters. The van der Waals surface area contributed by atoms with Crippen molar-refractivity contribution in [2.75, 3.05) is 13.6 Å². The quantitative estimate of drug-likeness (QED) is 0.682. The Morgan fingerprint density at radius 2 is 2.24 bits per heavy atom. The highest BCUT2D eigenvalue weighted by atomic mass is 79.9. The van der Waals surface area contributed by atoms with Gasteiger partial charge in [-0.05, 0) is 53.7 Å². The van der Waals surface area contributed by atoms with Crippen molar-refractivity contribution in [3.05, 3.63) is 49.1 Å². The molecule has 21 heavy (non-hydrogen) atoms. The minimum atomic E-state index is 0.0791. The largest absolute Gasteiger partial charge is 0.483 e. The first kappa shape index (κ1) is 15.3. The summed E-state index contributed by atoms with van der Waals surface area (Å²) in [5.41, 5.74) is 1.38. The van der Waals surface area contributed by atoms with Gasteiger partial charge in [-0.3, -0.25) is 0 Å². The van der Waals surface area contributed by atoms with Crippen LogP contribution in [0, 0.1) is 6.92 Å². The Kier molecular flexibility index (Phi) is 4.60. The van der Waals surface area contributed by atoms with E-state index in [0.717, 1.165) is 29.7 Å². The van der Waals surface area contributed by atoms with Crippen LogP contribution in [0.1, 0.15) is 27.8 Å². The summed E-state index contributed by atoms with van der Waals surface area (Å²) in [6.07, 6.45) is 1.06. The highest BCUT2D eigenvalue weighted by Gasteiger charge is 2.25. The maximum atomic E-state index is 6.34. The maximum Gasteiger partial charge on any atom is 0.140 e. The summed E-state index contributed by atoms with van der Waals surface area (Å²) >= 11 is 11.6. The number of aryl methyl sites for hydroxylation is 1. The number of nitrogens with zero attached hydrogens (tertiary/aromatic N) is 1. The van der Waals surface area contributed by atoms with E-state index in [9.17, 15) is 0 Å². The normalized spacial score (nSPS) is 19.1. The zero-order chi connectivity index (χ0) is 15.0. The zero-order valence-electron chi connectivity index (χ0n) is 12.0. The molecule has 0 radical (unpaired) electrons. The number of ether oxygens (including phenoxy) is 1. The fraction of sp³-hybridized carbons (Fsp3) is 0.375. The van der Waals surface area contributed by atoms with E-state index in [1.165, 1.54) is 15.3 Å². The predicted octanol–water partition coefficient (Wildman–Crippen LogP) is 5.43. The van der Waals surface area contributed by atoms with Crippen LogP contribution >= 0.6 is 38.9 Å². The van der Waals surface area contributed by atoms with E-state index >= 15 is 0 Å². The van der Waals surface area contributed by atoms with Crippen LogP contribution in [0.2, 0.25) is 5.02 Å². The molecule has 5 heteroatoms. The number of rotatable bonds is 2. The van der Waals surface area contributed by atoms with E-state index in [-0.39, 0.29) is 6.10 Å². The molecule has 0 bridgehead atoms. The molecule has 1 aromatic carbocycles. The average Bonchev–Trinajstić information content (AvgIpc) is 2.73. The lowest BCUT2D eigenvalue weighted by atomic mass is 10.1. The Hall–Kier alpha value is -0.550. The van der Waals surface area contributed by atoms with Gasteiger partial charge in [0.1, 0.15) is 11.9 Å². The second-order valence-corrected chi connectivity index (χ2v) is 7.95. The summed E-state index contributed by atoms with van der Waals surface area (Å²) < 4.78 is 7.13. The van der Waals surface area contributed by atoms with Gasteiger partial charge in [0.2, 0.25) is 0 Å². The van der Waals surface area contributed by atoms with Gasteiger partial charge in [0.25, 0.3) is 0 Å². The number of halogens is 2. The predicted molar refractivity (Wildman–Crippen MR) is 92.5 cm³/mol. The molecule has 1 aromatic heterocycles. The third kappa shape index (κ3) is 3.29. The summed E-state index contributed by atoms with van der Waals surface area (Å²) in [6, 6.07) is 8.09. The molecular formula is C16H17BrClNOS. The molecule has 0 saturated carbocycles. The number of hydrogen-bond donors (Lipinski definition) is 0. The number of benzene rings is 1. The van der Waals surface area contributed by atoms with E-state index in [1.54, 1.807) is 0 Å². The highest BCUT2D eigenvalue weighted by Crippen LogP contribution is 2.39. The van der Waals surface area contributed by atoms with Crippen LogP contribution in [0.5, 0.6) is 5.75 Å². The second kappa shape index (κ2) is 6.29. The van der Waals surface area contributed by atoms with Crippen molar-refractivity contribution in [3.8, 4) is 5.75 Å². The van der Waals surface area contributed by atoms with E-state index < -0.39 is 0 Å². The molecule has 0 aliphatic carbocycles. The lowest BCUT2D eigenvalue weighted by molar-refractivity contribution is 0.185. The van der Waals surface area contributed by atoms with Crippen molar-refractivity contribution in [1.82, 2.24) is 4.90 Å². The van der Waals surface area contributed by atoms with Gasteiger partial charge in [-0.15, -0.1) is 11.3 Å². The Balaban J connectivity index is 1.93. The van der Waals surface area contributed by atoms with Crippen LogP contribution in [0.4, 0.5) is 0 Å². The third-order valence-corrected chi connectivity index (χ3v) is 6.12. The van der Waals surface area contributed by atoms with Crippen molar-refractivity contribution in [3.63, 3.8) is 0 Å². The van der Waals surface area contributed by atoms with Gasteiger partial charge in [-0.25, -0.2) is 0 Å². The molecule has 1 atom stereocenters. The third-order valence-electron chi connectivity index (χ3n) is 3.66. The summed E-state index contributed by atoms with van der Waals surface area (Å²) in [7, 11) is 2.16. The number of thiophene rings is 1. The zero-order valence-corrected chi connectivity index (χ0v) is 15.2. The van der Waals surface area contributed by atoms with Crippen molar-refractivity contribution in [2.24, 2.45) is 0 Å². The molecule has 112 valence electrons. The molecule has 1 aliphatic rings. The van der Waals surface area contributed by atoms with Gasteiger partial charge in [-0.2, -0.15) is 0 Å². The number of hydrogen-bond acceptors (Lipinski definition) is 3. The summed E-state index contributed by atoms with van der Waals surface area (Å²) in [6.45, 7) is 4.17. The first-order chi connectivity index (χ1) is 10.0. The Bertz CT molecular complexity index is 658. The van der Waals surface area contributed by atoms with Gasteiger partial charge < -0.3 is 9.64 Å². The van der Waals surface area contributed by atoms with Gasteiger partial charge in [0.05, 0.1) is 5.02 Å². The molecule has 3 rings (SSSR count). The van der Waals surface area contributed by atoms with Crippen LogP contribution in [0.15, 0.2) is 28.7 Å². The molecule has 2 heterocycles.